The number of anilines is 1. The standard InChI is InChI=1S/C22H16F3N7/c1-13-2-3-14(6-15(13)9-26)21-27-5-4-17(31-21)12-28-18-7-19(16-10-29-30-11-16)32-20(8-18)22(23,24)25/h2-8,10-11H,12H2,1H3,(H,28,32)(H,29,30). The number of H-pyrrole nitrogens is 1. The summed E-state index contributed by atoms with van der Waals surface area (Å²) in [5, 5.41) is 18.5. The summed E-state index contributed by atoms with van der Waals surface area (Å²) in [6.45, 7) is 2.00. The first-order valence-corrected chi connectivity index (χ1v) is 9.49. The van der Waals surface area contributed by atoms with E-state index in [0.717, 1.165) is 11.6 Å². The van der Waals surface area contributed by atoms with Crippen LogP contribution in [-0.2, 0) is 12.7 Å². The molecular formula is C22H16F3N7. The van der Waals surface area contributed by atoms with Gasteiger partial charge in [0.2, 0.25) is 0 Å². The smallest absolute Gasteiger partial charge is 0.379 e. The molecule has 4 rings (SSSR count). The molecule has 0 radical (unpaired) electrons. The van der Waals surface area contributed by atoms with Crippen molar-refractivity contribution in [3.8, 4) is 28.7 Å². The molecule has 160 valence electrons. The highest BCUT2D eigenvalue weighted by molar-refractivity contribution is 5.64. The number of hydrogen-bond acceptors (Lipinski definition) is 6. The molecule has 0 amide bonds. The van der Waals surface area contributed by atoms with Crippen molar-refractivity contribution >= 4 is 5.69 Å². The summed E-state index contributed by atoms with van der Waals surface area (Å²) in [5.41, 5.74) is 2.44. The maximum absolute atomic E-state index is 13.3. The highest BCUT2D eigenvalue weighted by atomic mass is 19.4. The summed E-state index contributed by atoms with van der Waals surface area (Å²) in [5.74, 6) is 0.422. The molecule has 0 aliphatic carbocycles. The number of aromatic nitrogens is 5. The molecule has 0 aliphatic rings. The van der Waals surface area contributed by atoms with Crippen molar-refractivity contribution < 1.29 is 13.2 Å². The average molecular weight is 435 g/mol. The van der Waals surface area contributed by atoms with Crippen LogP contribution in [0.2, 0.25) is 0 Å². The Kier molecular flexibility index (Phi) is 5.55. The number of halogens is 3. The van der Waals surface area contributed by atoms with Crippen LogP contribution in [0.4, 0.5) is 18.9 Å². The van der Waals surface area contributed by atoms with Gasteiger partial charge in [-0.3, -0.25) is 5.10 Å². The van der Waals surface area contributed by atoms with Gasteiger partial charge in [-0.05, 0) is 36.8 Å². The van der Waals surface area contributed by atoms with E-state index in [9.17, 15) is 18.4 Å². The third-order valence-corrected chi connectivity index (χ3v) is 4.71. The Morgan fingerprint density at radius 1 is 1.09 bits per heavy atom. The molecule has 0 unspecified atom stereocenters. The molecule has 0 spiro atoms. The van der Waals surface area contributed by atoms with Gasteiger partial charge < -0.3 is 5.32 Å². The minimum atomic E-state index is -4.60. The first-order valence-electron chi connectivity index (χ1n) is 9.49. The number of benzene rings is 1. The Bertz CT molecular complexity index is 1290. The molecule has 3 heterocycles. The minimum Gasteiger partial charge on any atom is -0.379 e. The summed E-state index contributed by atoms with van der Waals surface area (Å²) in [6, 6.07) is 11.6. The summed E-state index contributed by atoms with van der Waals surface area (Å²) in [4.78, 5) is 12.4. The van der Waals surface area contributed by atoms with Crippen LogP contribution in [-0.4, -0.2) is 25.1 Å². The molecule has 4 aromatic rings. The van der Waals surface area contributed by atoms with E-state index < -0.39 is 11.9 Å². The lowest BCUT2D eigenvalue weighted by molar-refractivity contribution is -0.141. The van der Waals surface area contributed by atoms with Crippen LogP contribution in [0.3, 0.4) is 0 Å². The van der Waals surface area contributed by atoms with Gasteiger partial charge in [0.15, 0.2) is 5.82 Å². The highest BCUT2D eigenvalue weighted by Crippen LogP contribution is 2.32. The van der Waals surface area contributed by atoms with Gasteiger partial charge in [0, 0.05) is 29.2 Å². The molecule has 32 heavy (non-hydrogen) atoms. The van der Waals surface area contributed by atoms with Gasteiger partial charge in [-0.2, -0.15) is 23.5 Å². The van der Waals surface area contributed by atoms with E-state index >= 15 is 0 Å². The van der Waals surface area contributed by atoms with Gasteiger partial charge in [-0.15, -0.1) is 0 Å². The fourth-order valence-corrected chi connectivity index (χ4v) is 3.02. The predicted molar refractivity (Wildman–Crippen MR) is 111 cm³/mol. The van der Waals surface area contributed by atoms with E-state index in [2.05, 4.69) is 36.5 Å². The highest BCUT2D eigenvalue weighted by Gasteiger charge is 2.33. The quantitative estimate of drug-likeness (QED) is 0.469. The number of pyridine rings is 1. The molecule has 0 saturated carbocycles. The van der Waals surface area contributed by atoms with Gasteiger partial charge in [0.25, 0.3) is 0 Å². The number of alkyl halides is 3. The van der Waals surface area contributed by atoms with Crippen molar-refractivity contribution in [3.05, 3.63) is 77.5 Å². The molecule has 0 bridgehead atoms. The zero-order valence-electron chi connectivity index (χ0n) is 16.8. The first kappa shape index (κ1) is 21.0. The van der Waals surface area contributed by atoms with E-state index in [4.69, 9.17) is 0 Å². The summed E-state index contributed by atoms with van der Waals surface area (Å²) >= 11 is 0. The third-order valence-electron chi connectivity index (χ3n) is 4.71. The number of aryl methyl sites for hydroxylation is 1. The Hall–Kier alpha value is -4.26. The van der Waals surface area contributed by atoms with Gasteiger partial charge in [0.05, 0.1) is 35.8 Å². The lowest BCUT2D eigenvalue weighted by atomic mass is 10.1. The van der Waals surface area contributed by atoms with Gasteiger partial charge in [0.1, 0.15) is 5.69 Å². The Morgan fingerprint density at radius 2 is 1.94 bits per heavy atom. The van der Waals surface area contributed by atoms with Gasteiger partial charge in [-0.1, -0.05) is 12.1 Å². The van der Waals surface area contributed by atoms with Crippen LogP contribution < -0.4 is 5.32 Å². The van der Waals surface area contributed by atoms with Crippen LogP contribution >= 0.6 is 0 Å². The maximum atomic E-state index is 13.3. The van der Waals surface area contributed by atoms with E-state index in [0.29, 0.717) is 28.2 Å². The van der Waals surface area contributed by atoms with Crippen molar-refractivity contribution in [3.63, 3.8) is 0 Å². The Morgan fingerprint density at radius 3 is 2.66 bits per heavy atom. The minimum absolute atomic E-state index is 0.142. The normalized spacial score (nSPS) is 11.2. The van der Waals surface area contributed by atoms with Crippen LogP contribution in [0.15, 0.2) is 55.0 Å². The molecule has 10 heteroatoms. The van der Waals surface area contributed by atoms with Gasteiger partial charge in [-0.25, -0.2) is 15.0 Å². The number of nitrogens with one attached hydrogen (secondary N) is 2. The van der Waals surface area contributed by atoms with Crippen molar-refractivity contribution in [1.29, 1.82) is 5.26 Å². The molecule has 0 aliphatic heterocycles. The predicted octanol–water partition coefficient (Wildman–Crippen LogP) is 4.74. The van der Waals surface area contributed by atoms with E-state index in [1.54, 1.807) is 18.3 Å². The van der Waals surface area contributed by atoms with Crippen LogP contribution in [0, 0.1) is 18.3 Å². The molecule has 0 atom stereocenters. The second-order valence-electron chi connectivity index (χ2n) is 6.98. The summed E-state index contributed by atoms with van der Waals surface area (Å²) < 4.78 is 40.0. The summed E-state index contributed by atoms with van der Waals surface area (Å²) in [6.07, 6.45) is -0.155. The molecule has 7 nitrogen and oxygen atoms in total. The Labute approximate surface area is 181 Å². The molecule has 0 saturated heterocycles. The molecule has 3 aromatic heterocycles. The number of hydrogen-bond donors (Lipinski definition) is 2. The largest absolute Gasteiger partial charge is 0.433 e. The van der Waals surface area contributed by atoms with Crippen molar-refractivity contribution in [2.24, 2.45) is 0 Å². The number of rotatable bonds is 5. The zero-order chi connectivity index (χ0) is 22.7. The number of nitriles is 1. The topological polar surface area (TPSA) is 103 Å². The monoisotopic (exact) mass is 435 g/mol. The summed E-state index contributed by atoms with van der Waals surface area (Å²) in [7, 11) is 0. The second-order valence-corrected chi connectivity index (χ2v) is 6.98. The lowest BCUT2D eigenvalue weighted by Crippen LogP contribution is -2.10. The molecular weight excluding hydrogens is 419 g/mol. The number of aromatic amines is 1. The van der Waals surface area contributed by atoms with E-state index in [-0.39, 0.29) is 17.9 Å². The van der Waals surface area contributed by atoms with E-state index in [1.165, 1.54) is 18.5 Å². The zero-order valence-corrected chi connectivity index (χ0v) is 16.8. The van der Waals surface area contributed by atoms with Gasteiger partial charge >= 0.3 is 6.18 Å². The van der Waals surface area contributed by atoms with Crippen LogP contribution in [0.5, 0.6) is 0 Å². The SMILES string of the molecule is Cc1ccc(-c2nccc(CNc3cc(-c4cn[nH]c4)nc(C(F)(F)F)c3)n2)cc1C#N. The van der Waals surface area contributed by atoms with Crippen molar-refractivity contribution in [2.75, 3.05) is 5.32 Å². The van der Waals surface area contributed by atoms with E-state index in [1.807, 2.05) is 19.1 Å². The lowest BCUT2D eigenvalue weighted by Gasteiger charge is -2.12. The van der Waals surface area contributed by atoms with Crippen molar-refractivity contribution in [1.82, 2.24) is 25.1 Å². The second kappa shape index (κ2) is 8.47. The fourth-order valence-electron chi connectivity index (χ4n) is 3.02. The first-order chi connectivity index (χ1) is 15.3. The van der Waals surface area contributed by atoms with Crippen LogP contribution in [0.25, 0.3) is 22.6 Å². The molecule has 0 fully saturated rings. The number of nitrogens with zero attached hydrogens (tertiary/aromatic N) is 5. The van der Waals surface area contributed by atoms with Crippen molar-refractivity contribution in [2.45, 2.75) is 19.6 Å². The molecule has 1 aromatic carbocycles. The van der Waals surface area contributed by atoms with Crippen LogP contribution in [0.1, 0.15) is 22.5 Å². The fraction of sp³-hybridized carbons (Fsp3) is 0.136. The third kappa shape index (κ3) is 4.57. The Balaban J connectivity index is 1.60. The average Bonchev–Trinajstić information content (AvgIpc) is 3.32. The maximum Gasteiger partial charge on any atom is 0.433 e. The molecule has 2 N–H and O–H groups in total.